The monoisotopic (exact) mass is 497 g/mol. The number of nitrogens with one attached hydrogen (secondary N) is 1. The number of hydrogen-bond donors (Lipinski definition) is 2. The van der Waals surface area contributed by atoms with E-state index in [1.807, 2.05) is 0 Å². The Balaban J connectivity index is 1.62. The molecule has 2 N–H and O–H groups in total. The Bertz CT molecular complexity index is 1230. The van der Waals surface area contributed by atoms with E-state index >= 15 is 0 Å². The highest BCUT2D eigenvalue weighted by atomic mass is 19.4. The van der Waals surface area contributed by atoms with E-state index < -0.39 is 52.7 Å². The maximum Gasteiger partial charge on any atom is 0.416 e. The van der Waals surface area contributed by atoms with E-state index in [9.17, 15) is 31.5 Å². The summed E-state index contributed by atoms with van der Waals surface area (Å²) < 4.78 is 73.0. The number of carboxylic acid groups (broad SMARTS) is 1. The zero-order valence-electron chi connectivity index (χ0n) is 18.3. The van der Waals surface area contributed by atoms with Crippen LogP contribution in [0.15, 0.2) is 48.1 Å². The number of benzene rings is 1. The third kappa shape index (κ3) is 4.91. The third-order valence-corrected chi connectivity index (χ3v) is 6.04. The first-order valence-electron chi connectivity index (χ1n) is 10.6. The molecule has 186 valence electrons. The van der Waals surface area contributed by atoms with Crippen LogP contribution in [0.25, 0.3) is 0 Å². The van der Waals surface area contributed by atoms with Crippen molar-refractivity contribution in [1.29, 1.82) is 0 Å². The van der Waals surface area contributed by atoms with Gasteiger partial charge in [0.2, 0.25) is 5.88 Å². The van der Waals surface area contributed by atoms with E-state index in [-0.39, 0.29) is 17.2 Å². The second-order valence-electron chi connectivity index (χ2n) is 8.39. The Morgan fingerprint density at radius 1 is 1.29 bits per heavy atom. The van der Waals surface area contributed by atoms with Gasteiger partial charge < -0.3 is 15.2 Å². The first-order valence-corrected chi connectivity index (χ1v) is 10.6. The highest BCUT2D eigenvalue weighted by Gasteiger charge is 2.50. The van der Waals surface area contributed by atoms with Crippen molar-refractivity contribution < 1.29 is 41.4 Å². The number of carbonyl (C=O) groups excluding carboxylic acids is 1. The summed E-state index contributed by atoms with van der Waals surface area (Å²) >= 11 is 0. The molecule has 4 rings (SSSR count). The van der Waals surface area contributed by atoms with Crippen molar-refractivity contribution in [2.75, 3.05) is 0 Å². The predicted molar refractivity (Wildman–Crippen MR) is 112 cm³/mol. The maximum absolute atomic E-state index is 13.7. The van der Waals surface area contributed by atoms with Crippen LogP contribution in [0.3, 0.4) is 0 Å². The Hall–Kier alpha value is -3.70. The van der Waals surface area contributed by atoms with Crippen LogP contribution in [-0.4, -0.2) is 32.3 Å². The number of hydrogen-bond acceptors (Lipinski definition) is 4. The van der Waals surface area contributed by atoms with Crippen molar-refractivity contribution in [2.45, 2.75) is 37.4 Å². The Morgan fingerprint density at radius 3 is 2.54 bits per heavy atom. The van der Waals surface area contributed by atoms with Gasteiger partial charge in [-0.15, -0.1) is 0 Å². The lowest BCUT2D eigenvalue weighted by molar-refractivity contribution is -0.137. The molecular weight excluding hydrogens is 477 g/mol. The first kappa shape index (κ1) is 24.4. The summed E-state index contributed by atoms with van der Waals surface area (Å²) in [6.07, 6.45) is -1.77. The molecule has 1 aromatic heterocycles. The Labute approximate surface area is 195 Å². The molecule has 1 unspecified atom stereocenters. The number of amides is 1. The molecule has 2 aliphatic carbocycles. The number of nitrogens with zero attached hydrogens (tertiary/aromatic N) is 2. The van der Waals surface area contributed by atoms with E-state index in [0.29, 0.717) is 25.3 Å². The second-order valence-corrected chi connectivity index (χ2v) is 8.39. The van der Waals surface area contributed by atoms with E-state index in [0.717, 1.165) is 16.8 Å². The molecule has 1 amide bonds. The van der Waals surface area contributed by atoms with E-state index in [2.05, 4.69) is 10.4 Å². The van der Waals surface area contributed by atoms with Crippen molar-refractivity contribution >= 4 is 11.9 Å². The highest BCUT2D eigenvalue weighted by molar-refractivity contribution is 5.98. The zero-order valence-corrected chi connectivity index (χ0v) is 18.3. The fraction of sp³-hybridized carbons (Fsp3) is 0.348. The molecule has 1 fully saturated rings. The molecule has 2 aliphatic rings. The number of halogens is 5. The van der Waals surface area contributed by atoms with Gasteiger partial charge in [-0.3, -0.25) is 4.79 Å². The lowest BCUT2D eigenvalue weighted by Crippen LogP contribution is -2.42. The normalized spacial score (nSPS) is 18.8. The number of aliphatic carboxylic acids is 1. The zero-order chi connectivity index (χ0) is 25.5. The minimum absolute atomic E-state index is 0.118. The molecular formula is C23H20F5N3O4. The van der Waals surface area contributed by atoms with Gasteiger partial charge in [0.25, 0.3) is 12.3 Å². The molecule has 0 saturated heterocycles. The van der Waals surface area contributed by atoms with Gasteiger partial charge in [-0.05, 0) is 37.5 Å². The van der Waals surface area contributed by atoms with Gasteiger partial charge in [0, 0.05) is 18.5 Å². The fourth-order valence-corrected chi connectivity index (χ4v) is 4.06. The van der Waals surface area contributed by atoms with Crippen LogP contribution >= 0.6 is 0 Å². The molecule has 12 heteroatoms. The molecule has 1 saturated carbocycles. The van der Waals surface area contributed by atoms with Crippen LogP contribution in [0.4, 0.5) is 22.0 Å². The van der Waals surface area contributed by atoms with Gasteiger partial charge >= 0.3 is 12.1 Å². The first-order chi connectivity index (χ1) is 16.4. The highest BCUT2D eigenvalue weighted by Crippen LogP contribution is 2.47. The third-order valence-electron chi connectivity index (χ3n) is 6.04. The molecule has 2 aromatic rings. The van der Waals surface area contributed by atoms with Crippen LogP contribution < -0.4 is 10.1 Å². The molecule has 0 aliphatic heterocycles. The molecule has 0 spiro atoms. The maximum atomic E-state index is 13.7. The quantitative estimate of drug-likeness (QED) is 0.524. The number of carboxylic acids is 1. The lowest BCUT2D eigenvalue weighted by atomic mass is 9.88. The number of aromatic nitrogens is 2. The molecule has 1 aromatic carbocycles. The van der Waals surface area contributed by atoms with Gasteiger partial charge in [0.05, 0.1) is 11.1 Å². The molecule has 1 atom stereocenters. The van der Waals surface area contributed by atoms with Crippen molar-refractivity contribution in [3.63, 3.8) is 0 Å². The van der Waals surface area contributed by atoms with Gasteiger partial charge in [-0.1, -0.05) is 24.3 Å². The summed E-state index contributed by atoms with van der Waals surface area (Å²) in [6.45, 7) is 0. The lowest BCUT2D eigenvalue weighted by Gasteiger charge is -2.27. The summed E-state index contributed by atoms with van der Waals surface area (Å²) in [6, 6.07) is 3.81. The van der Waals surface area contributed by atoms with Crippen LogP contribution in [0, 0.1) is 5.92 Å². The van der Waals surface area contributed by atoms with E-state index in [1.165, 1.54) is 25.3 Å². The van der Waals surface area contributed by atoms with Crippen LogP contribution in [0.1, 0.15) is 47.3 Å². The Kier molecular flexibility index (Phi) is 6.16. The molecule has 0 radical (unpaired) electrons. The number of allylic oxidation sites excluding steroid dienone is 1. The SMILES string of the molecule is Cn1nc(C(F)F)c(C(=O)NC2(C3C=CC(C(=O)O)=CC3)CC2)c1Oc1cccc(C(F)(F)F)c1. The molecule has 7 nitrogen and oxygen atoms in total. The number of carbonyl (C=O) groups is 2. The summed E-state index contributed by atoms with van der Waals surface area (Å²) in [5.74, 6) is -2.98. The average Bonchev–Trinajstić information content (AvgIpc) is 3.50. The predicted octanol–water partition coefficient (Wildman–Crippen LogP) is 5.02. The minimum Gasteiger partial charge on any atom is -0.478 e. The summed E-state index contributed by atoms with van der Waals surface area (Å²) in [5, 5.41) is 15.5. The van der Waals surface area contributed by atoms with Gasteiger partial charge in [-0.25, -0.2) is 18.3 Å². The summed E-state index contributed by atoms with van der Waals surface area (Å²) in [4.78, 5) is 24.3. The number of aryl methyl sites for hydroxylation is 1. The van der Waals surface area contributed by atoms with Crippen molar-refractivity contribution in [3.05, 3.63) is 64.9 Å². The van der Waals surface area contributed by atoms with Gasteiger partial charge in [0.1, 0.15) is 17.0 Å². The topological polar surface area (TPSA) is 93.5 Å². The summed E-state index contributed by atoms with van der Waals surface area (Å²) in [5.41, 5.74) is -3.10. The van der Waals surface area contributed by atoms with Crippen molar-refractivity contribution in [3.8, 4) is 11.6 Å². The standard InChI is InChI=1S/C23H20F5N3O4/c1-31-20(35-15-4-2-3-14(11-15)23(26,27)28)16(17(30-31)18(24)25)19(32)29-22(9-10-22)13-7-5-12(6-8-13)21(33)34/h2-7,11,13,18H,8-10H2,1H3,(H,29,32)(H,33,34). The van der Waals surface area contributed by atoms with Gasteiger partial charge in [-0.2, -0.15) is 18.3 Å². The number of ether oxygens (including phenoxy) is 1. The van der Waals surface area contributed by atoms with Crippen LogP contribution in [0.2, 0.25) is 0 Å². The Morgan fingerprint density at radius 2 is 2.00 bits per heavy atom. The van der Waals surface area contributed by atoms with Crippen LogP contribution in [0.5, 0.6) is 11.6 Å². The van der Waals surface area contributed by atoms with Crippen LogP contribution in [-0.2, 0) is 18.0 Å². The molecule has 0 bridgehead atoms. The average molecular weight is 497 g/mol. The molecule has 35 heavy (non-hydrogen) atoms. The number of alkyl halides is 5. The second kappa shape index (κ2) is 8.82. The van der Waals surface area contributed by atoms with Crippen molar-refractivity contribution in [1.82, 2.24) is 15.1 Å². The van der Waals surface area contributed by atoms with E-state index in [4.69, 9.17) is 9.84 Å². The molecule has 1 heterocycles. The fourth-order valence-electron chi connectivity index (χ4n) is 4.06. The van der Waals surface area contributed by atoms with Gasteiger partial charge in [0.15, 0.2) is 0 Å². The largest absolute Gasteiger partial charge is 0.478 e. The van der Waals surface area contributed by atoms with E-state index in [1.54, 1.807) is 6.08 Å². The van der Waals surface area contributed by atoms with Crippen molar-refractivity contribution in [2.24, 2.45) is 13.0 Å². The minimum atomic E-state index is -4.65. The smallest absolute Gasteiger partial charge is 0.416 e. The summed E-state index contributed by atoms with van der Waals surface area (Å²) in [7, 11) is 1.24. The number of rotatable bonds is 7.